The van der Waals surface area contributed by atoms with E-state index in [2.05, 4.69) is 0 Å². The first kappa shape index (κ1) is 18.4. The number of carbonyl (C=O) groups is 2. The predicted octanol–water partition coefficient (Wildman–Crippen LogP) is 2.84. The number of rotatable bonds is 9. The molecule has 0 aliphatic rings. The summed E-state index contributed by atoms with van der Waals surface area (Å²) in [4.78, 5) is 23.8. The van der Waals surface area contributed by atoms with Crippen LogP contribution in [-0.2, 0) is 19.1 Å². The Bertz CT molecular complexity index is 361. The third kappa shape index (κ3) is 5.60. The first-order valence-electron chi connectivity index (χ1n) is 7.19. The van der Waals surface area contributed by atoms with Crippen LogP contribution in [0, 0.1) is 22.7 Å². The van der Waals surface area contributed by atoms with Crippen LogP contribution in [0.25, 0.3) is 0 Å². The Hall–Kier alpha value is -1.57. The summed E-state index contributed by atoms with van der Waals surface area (Å²) < 4.78 is 9.86. The molecule has 0 bridgehead atoms. The summed E-state index contributed by atoms with van der Waals surface area (Å²) in [5.74, 6) is -0.997. The summed E-state index contributed by atoms with van der Waals surface area (Å²) in [7, 11) is 0. The molecule has 0 saturated carbocycles. The Balaban J connectivity index is 5.12. The van der Waals surface area contributed by atoms with Gasteiger partial charge in [0.05, 0.1) is 25.7 Å². The lowest BCUT2D eigenvalue weighted by Crippen LogP contribution is -2.36. The maximum absolute atomic E-state index is 12.1. The van der Waals surface area contributed by atoms with Crippen molar-refractivity contribution in [1.29, 1.82) is 5.26 Å². The second-order valence-electron chi connectivity index (χ2n) is 4.99. The van der Waals surface area contributed by atoms with E-state index in [-0.39, 0.29) is 25.6 Å². The summed E-state index contributed by atoms with van der Waals surface area (Å²) >= 11 is 0. The number of nitriles is 1. The normalized spacial score (nSPS) is 14.8. The lowest BCUT2D eigenvalue weighted by Gasteiger charge is -2.26. The maximum atomic E-state index is 12.1. The molecule has 0 aliphatic carbocycles. The van der Waals surface area contributed by atoms with E-state index >= 15 is 0 Å². The molecule has 5 heteroatoms. The van der Waals surface area contributed by atoms with Crippen LogP contribution in [0.5, 0.6) is 0 Å². The minimum absolute atomic E-state index is 0.165. The van der Waals surface area contributed by atoms with Gasteiger partial charge in [-0.1, -0.05) is 26.7 Å². The van der Waals surface area contributed by atoms with Crippen LogP contribution in [-0.4, -0.2) is 25.2 Å². The van der Waals surface area contributed by atoms with E-state index in [1.807, 2.05) is 19.9 Å². The topological polar surface area (TPSA) is 76.4 Å². The van der Waals surface area contributed by atoms with Crippen LogP contribution in [0.15, 0.2) is 0 Å². The van der Waals surface area contributed by atoms with Crippen LogP contribution in [0.3, 0.4) is 0 Å². The fourth-order valence-corrected chi connectivity index (χ4v) is 2.28. The molecular formula is C15H25NO4. The molecule has 2 unspecified atom stereocenters. The summed E-state index contributed by atoms with van der Waals surface area (Å²) in [5, 5.41) is 9.45. The van der Waals surface area contributed by atoms with Gasteiger partial charge in [-0.15, -0.1) is 0 Å². The third-order valence-electron chi connectivity index (χ3n) is 3.11. The standard InChI is InChI=1S/C15H25NO4/c1-5-8-12(4)9-15(11-16,14(18)20-7-3)10-13(17)19-6-2/h12H,5-10H2,1-4H3. The van der Waals surface area contributed by atoms with Crippen LogP contribution in [0.4, 0.5) is 0 Å². The van der Waals surface area contributed by atoms with Gasteiger partial charge in [-0.25, -0.2) is 0 Å². The number of hydrogen-bond donors (Lipinski definition) is 0. The van der Waals surface area contributed by atoms with Gasteiger partial charge in [0, 0.05) is 0 Å². The SMILES string of the molecule is CCCC(C)CC(C#N)(CC(=O)OCC)C(=O)OCC. The highest BCUT2D eigenvalue weighted by Gasteiger charge is 2.44. The van der Waals surface area contributed by atoms with Crippen molar-refractivity contribution in [1.82, 2.24) is 0 Å². The summed E-state index contributed by atoms with van der Waals surface area (Å²) in [6.07, 6.45) is 1.93. The molecule has 5 nitrogen and oxygen atoms in total. The van der Waals surface area contributed by atoms with E-state index in [4.69, 9.17) is 9.47 Å². The van der Waals surface area contributed by atoms with Crippen molar-refractivity contribution < 1.29 is 19.1 Å². The van der Waals surface area contributed by atoms with E-state index in [1.54, 1.807) is 13.8 Å². The van der Waals surface area contributed by atoms with Crippen molar-refractivity contribution in [2.75, 3.05) is 13.2 Å². The Labute approximate surface area is 121 Å². The van der Waals surface area contributed by atoms with Crippen molar-refractivity contribution in [3.63, 3.8) is 0 Å². The van der Waals surface area contributed by atoms with Crippen molar-refractivity contribution in [3.8, 4) is 6.07 Å². The predicted molar refractivity (Wildman–Crippen MR) is 74.6 cm³/mol. The zero-order valence-corrected chi connectivity index (χ0v) is 12.9. The van der Waals surface area contributed by atoms with Crippen LogP contribution >= 0.6 is 0 Å². The van der Waals surface area contributed by atoms with Crippen LogP contribution < -0.4 is 0 Å². The molecule has 2 atom stereocenters. The molecule has 0 aliphatic heterocycles. The van der Waals surface area contributed by atoms with Gasteiger partial charge in [0.15, 0.2) is 5.41 Å². The second kappa shape index (κ2) is 9.35. The molecule has 0 heterocycles. The zero-order chi connectivity index (χ0) is 15.6. The Morgan fingerprint density at radius 3 is 2.25 bits per heavy atom. The number of esters is 2. The van der Waals surface area contributed by atoms with Crippen molar-refractivity contribution >= 4 is 11.9 Å². The van der Waals surface area contributed by atoms with Gasteiger partial charge in [-0.3, -0.25) is 9.59 Å². The van der Waals surface area contributed by atoms with Crippen LogP contribution in [0.1, 0.15) is 53.4 Å². The summed E-state index contributed by atoms with van der Waals surface area (Å²) in [6.45, 7) is 7.80. The van der Waals surface area contributed by atoms with Gasteiger partial charge in [0.25, 0.3) is 0 Å². The highest BCUT2D eigenvalue weighted by molar-refractivity contribution is 5.86. The van der Waals surface area contributed by atoms with Gasteiger partial charge in [0.2, 0.25) is 0 Å². The third-order valence-corrected chi connectivity index (χ3v) is 3.11. The van der Waals surface area contributed by atoms with E-state index in [0.717, 1.165) is 12.8 Å². The quantitative estimate of drug-likeness (QED) is 0.608. The average Bonchev–Trinajstić information content (AvgIpc) is 2.38. The van der Waals surface area contributed by atoms with E-state index < -0.39 is 17.4 Å². The smallest absolute Gasteiger partial charge is 0.327 e. The summed E-state index contributed by atoms with van der Waals surface area (Å²) in [6, 6.07) is 2.00. The highest BCUT2D eigenvalue weighted by atomic mass is 16.5. The first-order chi connectivity index (χ1) is 9.45. The largest absolute Gasteiger partial charge is 0.466 e. The van der Waals surface area contributed by atoms with Gasteiger partial charge < -0.3 is 9.47 Å². The number of nitrogens with zero attached hydrogens (tertiary/aromatic N) is 1. The molecule has 114 valence electrons. The van der Waals surface area contributed by atoms with E-state index in [9.17, 15) is 14.9 Å². The highest BCUT2D eigenvalue weighted by Crippen LogP contribution is 2.33. The average molecular weight is 283 g/mol. The molecule has 0 N–H and O–H groups in total. The number of ether oxygens (including phenoxy) is 2. The number of carbonyl (C=O) groups excluding carboxylic acids is 2. The first-order valence-corrected chi connectivity index (χ1v) is 7.19. The van der Waals surface area contributed by atoms with E-state index in [0.29, 0.717) is 6.42 Å². The van der Waals surface area contributed by atoms with Crippen molar-refractivity contribution in [3.05, 3.63) is 0 Å². The van der Waals surface area contributed by atoms with Crippen molar-refractivity contribution in [2.24, 2.45) is 11.3 Å². The fourth-order valence-electron chi connectivity index (χ4n) is 2.28. The molecule has 0 rings (SSSR count). The van der Waals surface area contributed by atoms with Gasteiger partial charge >= 0.3 is 11.9 Å². The Morgan fingerprint density at radius 1 is 1.20 bits per heavy atom. The van der Waals surface area contributed by atoms with E-state index in [1.165, 1.54) is 0 Å². The molecule has 0 aromatic carbocycles. The monoisotopic (exact) mass is 283 g/mol. The molecular weight excluding hydrogens is 258 g/mol. The van der Waals surface area contributed by atoms with Gasteiger partial charge in [-0.2, -0.15) is 5.26 Å². The molecule has 0 fully saturated rings. The summed E-state index contributed by atoms with van der Waals surface area (Å²) in [5.41, 5.74) is -1.43. The minimum Gasteiger partial charge on any atom is -0.466 e. The number of hydrogen-bond acceptors (Lipinski definition) is 5. The Kier molecular flexibility index (Phi) is 8.62. The van der Waals surface area contributed by atoms with Crippen molar-refractivity contribution in [2.45, 2.75) is 53.4 Å². The molecule has 0 radical (unpaired) electrons. The molecule has 0 saturated heterocycles. The molecule has 0 spiro atoms. The maximum Gasteiger partial charge on any atom is 0.327 e. The second-order valence-corrected chi connectivity index (χ2v) is 4.99. The zero-order valence-electron chi connectivity index (χ0n) is 12.9. The van der Waals surface area contributed by atoms with Gasteiger partial charge in [0.1, 0.15) is 0 Å². The van der Waals surface area contributed by atoms with Gasteiger partial charge in [-0.05, 0) is 26.2 Å². The Morgan fingerprint density at radius 2 is 1.80 bits per heavy atom. The lowest BCUT2D eigenvalue weighted by atomic mass is 9.77. The molecule has 0 aromatic rings. The minimum atomic E-state index is -1.43. The van der Waals surface area contributed by atoms with Crippen LogP contribution in [0.2, 0.25) is 0 Å². The molecule has 20 heavy (non-hydrogen) atoms. The molecule has 0 amide bonds. The fraction of sp³-hybridized carbons (Fsp3) is 0.800. The molecule has 0 aromatic heterocycles. The lowest BCUT2D eigenvalue weighted by molar-refractivity contribution is -0.159.